The third-order valence-corrected chi connectivity index (χ3v) is 6.32. The highest BCUT2D eigenvalue weighted by atomic mass is 35.5. The average Bonchev–Trinajstić information content (AvgIpc) is 3.54. The van der Waals surface area contributed by atoms with Crippen LogP contribution in [0.4, 0.5) is 5.69 Å². The maximum atomic E-state index is 13.3. The van der Waals surface area contributed by atoms with Gasteiger partial charge >= 0.3 is 0 Å². The Morgan fingerprint density at radius 3 is 2.69 bits per heavy atom. The highest BCUT2D eigenvalue weighted by Crippen LogP contribution is 2.48. The third kappa shape index (κ3) is 3.17. The molecule has 2 aliphatic heterocycles. The van der Waals surface area contributed by atoms with Gasteiger partial charge in [0, 0.05) is 17.1 Å². The zero-order valence-corrected chi connectivity index (χ0v) is 17.1. The molecule has 1 unspecified atom stereocenters. The number of carbonyl (C=O) groups excluding carboxylic acids is 1. The molecule has 1 N–H and O–H groups in total. The molecule has 5 nitrogen and oxygen atoms in total. The molecule has 1 amide bonds. The van der Waals surface area contributed by atoms with Gasteiger partial charge < -0.3 is 19.5 Å². The standard InChI is InChI=1S/C23H24ClNO4/c1-14-3-7-17(24)12-18(14)21(26)16-6-8-20-19(11-16)23(28-9-2-10-29-23)22(27)25(20)13-15-4-5-15/h3,6-8,11-12,15,21,26H,2,4-5,9-10,13H2,1H3. The molecule has 6 heteroatoms. The van der Waals surface area contributed by atoms with E-state index in [1.807, 2.05) is 37.3 Å². The van der Waals surface area contributed by atoms with E-state index in [2.05, 4.69) is 0 Å². The van der Waals surface area contributed by atoms with Gasteiger partial charge in [0.1, 0.15) is 6.10 Å². The van der Waals surface area contributed by atoms with Crippen LogP contribution < -0.4 is 4.90 Å². The number of nitrogens with zero attached hydrogens (tertiary/aromatic N) is 1. The first kappa shape index (κ1) is 19.1. The number of fused-ring (bicyclic) bond motifs is 2. The van der Waals surface area contributed by atoms with Crippen molar-refractivity contribution >= 4 is 23.2 Å². The molecule has 2 fully saturated rings. The molecule has 1 saturated carbocycles. The minimum Gasteiger partial charge on any atom is -0.384 e. The van der Waals surface area contributed by atoms with Crippen molar-refractivity contribution in [2.45, 2.75) is 38.1 Å². The second-order valence-electron chi connectivity index (χ2n) is 8.21. The van der Waals surface area contributed by atoms with Crippen molar-refractivity contribution in [1.82, 2.24) is 0 Å². The Balaban J connectivity index is 1.58. The van der Waals surface area contributed by atoms with E-state index < -0.39 is 11.9 Å². The fourth-order valence-corrected chi connectivity index (χ4v) is 4.44. The van der Waals surface area contributed by atoms with Gasteiger partial charge in [-0.25, -0.2) is 0 Å². The topological polar surface area (TPSA) is 59.0 Å². The van der Waals surface area contributed by atoms with E-state index >= 15 is 0 Å². The number of anilines is 1. The van der Waals surface area contributed by atoms with Gasteiger partial charge in [-0.05, 0) is 73.1 Å². The minimum absolute atomic E-state index is 0.148. The number of hydrogen-bond acceptors (Lipinski definition) is 4. The monoisotopic (exact) mass is 413 g/mol. The number of carbonyl (C=O) groups is 1. The number of rotatable bonds is 4. The van der Waals surface area contributed by atoms with Crippen molar-refractivity contribution in [2.75, 3.05) is 24.7 Å². The molecule has 2 aromatic rings. The summed E-state index contributed by atoms with van der Waals surface area (Å²) < 4.78 is 11.9. The number of benzene rings is 2. The summed E-state index contributed by atoms with van der Waals surface area (Å²) in [5, 5.41) is 11.6. The third-order valence-electron chi connectivity index (χ3n) is 6.08. The van der Waals surface area contributed by atoms with E-state index in [4.69, 9.17) is 21.1 Å². The summed E-state index contributed by atoms with van der Waals surface area (Å²) >= 11 is 6.15. The fourth-order valence-electron chi connectivity index (χ4n) is 4.26. The van der Waals surface area contributed by atoms with Crippen molar-refractivity contribution in [2.24, 2.45) is 5.92 Å². The van der Waals surface area contributed by atoms with Crippen LogP contribution in [0, 0.1) is 12.8 Å². The summed E-state index contributed by atoms with van der Waals surface area (Å²) in [5.74, 6) is -0.990. The molecule has 29 heavy (non-hydrogen) atoms. The van der Waals surface area contributed by atoms with Crippen LogP contribution in [0.1, 0.15) is 47.6 Å². The predicted octanol–water partition coefficient (Wildman–Crippen LogP) is 4.08. The fraction of sp³-hybridized carbons (Fsp3) is 0.435. The lowest BCUT2D eigenvalue weighted by Gasteiger charge is -2.32. The molecule has 1 aliphatic carbocycles. The summed E-state index contributed by atoms with van der Waals surface area (Å²) in [6.45, 7) is 3.58. The maximum absolute atomic E-state index is 13.3. The largest absolute Gasteiger partial charge is 0.384 e. The van der Waals surface area contributed by atoms with Crippen LogP contribution >= 0.6 is 11.6 Å². The van der Waals surface area contributed by atoms with Crippen LogP contribution in [0.2, 0.25) is 5.02 Å². The second kappa shape index (κ2) is 7.10. The highest BCUT2D eigenvalue weighted by molar-refractivity contribution is 6.30. The molecule has 1 atom stereocenters. The zero-order chi connectivity index (χ0) is 20.2. The number of hydrogen-bond donors (Lipinski definition) is 1. The first-order valence-corrected chi connectivity index (χ1v) is 10.6. The molecule has 5 rings (SSSR count). The van der Waals surface area contributed by atoms with Gasteiger partial charge in [0.2, 0.25) is 0 Å². The van der Waals surface area contributed by atoms with Gasteiger partial charge in [0.15, 0.2) is 0 Å². The quantitative estimate of drug-likeness (QED) is 0.820. The summed E-state index contributed by atoms with van der Waals surface area (Å²) in [4.78, 5) is 15.2. The van der Waals surface area contributed by atoms with Crippen molar-refractivity contribution in [3.05, 3.63) is 63.7 Å². The van der Waals surface area contributed by atoms with Crippen LogP contribution in [0.5, 0.6) is 0 Å². The Labute approximate surface area is 175 Å². The van der Waals surface area contributed by atoms with E-state index in [0.717, 1.165) is 36.1 Å². The molecule has 152 valence electrons. The Bertz CT molecular complexity index is 965. The van der Waals surface area contributed by atoms with E-state index in [0.29, 0.717) is 41.8 Å². The van der Waals surface area contributed by atoms with Crippen molar-refractivity contribution in [1.29, 1.82) is 0 Å². The molecule has 2 aromatic carbocycles. The minimum atomic E-state index is -1.39. The van der Waals surface area contributed by atoms with Gasteiger partial charge in [-0.2, -0.15) is 0 Å². The van der Waals surface area contributed by atoms with E-state index in [9.17, 15) is 9.90 Å². The van der Waals surface area contributed by atoms with Crippen LogP contribution in [0.3, 0.4) is 0 Å². The Morgan fingerprint density at radius 1 is 1.21 bits per heavy atom. The molecule has 0 bridgehead atoms. The number of amides is 1. The van der Waals surface area contributed by atoms with Crippen LogP contribution in [-0.4, -0.2) is 30.8 Å². The molecule has 0 radical (unpaired) electrons. The number of aryl methyl sites for hydroxylation is 1. The molecular weight excluding hydrogens is 390 g/mol. The number of aliphatic hydroxyl groups is 1. The number of ether oxygens (including phenoxy) is 2. The molecule has 3 aliphatic rings. The molecular formula is C23H24ClNO4. The Morgan fingerprint density at radius 2 is 1.97 bits per heavy atom. The van der Waals surface area contributed by atoms with Gasteiger partial charge in [-0.15, -0.1) is 0 Å². The highest BCUT2D eigenvalue weighted by Gasteiger charge is 2.55. The normalized spacial score (nSPS) is 21.5. The first-order chi connectivity index (χ1) is 14.0. The SMILES string of the molecule is Cc1ccc(Cl)cc1C(O)c1ccc2c(c1)C1(OCCCO1)C(=O)N2CC1CC1. The summed E-state index contributed by atoms with van der Waals surface area (Å²) in [6, 6.07) is 11.1. The maximum Gasteiger partial charge on any atom is 0.292 e. The first-order valence-electron chi connectivity index (χ1n) is 10.2. The molecule has 1 spiro atoms. The predicted molar refractivity (Wildman–Crippen MR) is 110 cm³/mol. The smallest absolute Gasteiger partial charge is 0.292 e. The zero-order valence-electron chi connectivity index (χ0n) is 16.4. The lowest BCUT2D eigenvalue weighted by Crippen LogP contribution is -2.47. The van der Waals surface area contributed by atoms with Crippen molar-refractivity contribution in [3.8, 4) is 0 Å². The second-order valence-corrected chi connectivity index (χ2v) is 8.64. The van der Waals surface area contributed by atoms with Gasteiger partial charge in [-0.1, -0.05) is 23.7 Å². The van der Waals surface area contributed by atoms with E-state index in [1.165, 1.54) is 0 Å². The number of aliphatic hydroxyl groups excluding tert-OH is 1. The lowest BCUT2D eigenvalue weighted by atomic mass is 9.94. The summed E-state index contributed by atoms with van der Waals surface area (Å²) in [6.07, 6.45) is 2.21. The molecule has 2 heterocycles. The summed E-state index contributed by atoms with van der Waals surface area (Å²) in [7, 11) is 0. The number of halogens is 1. The molecule has 1 saturated heterocycles. The van der Waals surface area contributed by atoms with Gasteiger partial charge in [0.05, 0.1) is 18.9 Å². The molecule has 0 aromatic heterocycles. The van der Waals surface area contributed by atoms with Gasteiger partial charge in [-0.3, -0.25) is 4.79 Å². The van der Waals surface area contributed by atoms with E-state index in [-0.39, 0.29) is 5.91 Å². The van der Waals surface area contributed by atoms with E-state index in [1.54, 1.807) is 11.0 Å². The van der Waals surface area contributed by atoms with Gasteiger partial charge in [0.25, 0.3) is 11.7 Å². The van der Waals surface area contributed by atoms with Crippen molar-refractivity contribution in [3.63, 3.8) is 0 Å². The van der Waals surface area contributed by atoms with Crippen LogP contribution in [0.15, 0.2) is 36.4 Å². The Kier molecular flexibility index (Phi) is 4.67. The van der Waals surface area contributed by atoms with Crippen LogP contribution in [-0.2, 0) is 20.1 Å². The average molecular weight is 414 g/mol. The lowest BCUT2D eigenvalue weighted by molar-refractivity contribution is -0.256. The summed E-state index contributed by atoms with van der Waals surface area (Å²) in [5.41, 5.74) is 3.90. The van der Waals surface area contributed by atoms with Crippen molar-refractivity contribution < 1.29 is 19.4 Å². The Hall–Kier alpha value is -1.92. The van der Waals surface area contributed by atoms with Crippen LogP contribution in [0.25, 0.3) is 0 Å².